The summed E-state index contributed by atoms with van der Waals surface area (Å²) in [6, 6.07) is -0.281. The number of hydrogen-bond acceptors (Lipinski definition) is 6. The molecule has 2 aliphatic heterocycles. The number of carbonyl (C=O) groups is 2. The minimum Gasteiger partial charge on any atom is -0.550 e. The highest BCUT2D eigenvalue weighted by Gasteiger charge is 2.48. The number of carboxylic acid groups (broad SMARTS) is 1. The highest BCUT2D eigenvalue weighted by molar-refractivity contribution is 5.78. The summed E-state index contributed by atoms with van der Waals surface area (Å²) in [5, 5.41) is 23.5. The van der Waals surface area contributed by atoms with Crippen LogP contribution in [0.2, 0.25) is 0 Å². The normalized spacial score (nSPS) is 36.2. The van der Waals surface area contributed by atoms with Gasteiger partial charge < -0.3 is 29.8 Å². The van der Waals surface area contributed by atoms with Crippen LogP contribution in [-0.2, 0) is 19.1 Å². The van der Waals surface area contributed by atoms with Gasteiger partial charge in [0.15, 0.2) is 0 Å². The molecule has 7 nitrogen and oxygen atoms in total. The van der Waals surface area contributed by atoms with Gasteiger partial charge in [0, 0.05) is 12.4 Å². The zero-order valence-electron chi connectivity index (χ0n) is 12.5. The van der Waals surface area contributed by atoms with Gasteiger partial charge in [-0.1, -0.05) is 12.8 Å². The monoisotopic (exact) mass is 312 g/mol. The molecule has 2 heterocycles. The van der Waals surface area contributed by atoms with Crippen molar-refractivity contribution in [2.24, 2.45) is 5.41 Å². The largest absolute Gasteiger partial charge is 0.550 e. The van der Waals surface area contributed by atoms with Crippen LogP contribution in [0.3, 0.4) is 0 Å². The van der Waals surface area contributed by atoms with Crippen LogP contribution < -0.4 is 10.4 Å². The third kappa shape index (κ3) is 3.11. The third-order valence-electron chi connectivity index (χ3n) is 5.09. The molecule has 1 aliphatic carbocycles. The Morgan fingerprint density at radius 3 is 2.50 bits per heavy atom. The molecule has 3 rings (SSSR count). The molecule has 2 saturated heterocycles. The number of carbonyl (C=O) groups excluding carboxylic acids is 2. The summed E-state index contributed by atoms with van der Waals surface area (Å²) in [4.78, 5) is 23.3. The SMILES string of the molecule is O=C([O-])CC1(CC(=O)N[C@H]2CO[C@H]3[C@@H]2OC[C@H]3O)CCCC1. The highest BCUT2D eigenvalue weighted by Crippen LogP contribution is 2.44. The minimum atomic E-state index is -1.10. The van der Waals surface area contributed by atoms with Gasteiger partial charge in [0.1, 0.15) is 18.3 Å². The first-order chi connectivity index (χ1) is 10.5. The Morgan fingerprint density at radius 1 is 1.14 bits per heavy atom. The van der Waals surface area contributed by atoms with E-state index < -0.39 is 17.5 Å². The maximum Gasteiger partial charge on any atom is 0.220 e. The van der Waals surface area contributed by atoms with E-state index in [1.807, 2.05) is 0 Å². The van der Waals surface area contributed by atoms with Gasteiger partial charge in [0.05, 0.1) is 19.3 Å². The van der Waals surface area contributed by atoms with Crippen molar-refractivity contribution in [3.63, 3.8) is 0 Å². The Kier molecular flexibility index (Phi) is 4.38. The predicted molar refractivity (Wildman–Crippen MR) is 72.6 cm³/mol. The van der Waals surface area contributed by atoms with Gasteiger partial charge in [-0.3, -0.25) is 4.79 Å². The summed E-state index contributed by atoms with van der Waals surface area (Å²) in [5.74, 6) is -1.27. The van der Waals surface area contributed by atoms with E-state index in [9.17, 15) is 19.8 Å². The summed E-state index contributed by atoms with van der Waals surface area (Å²) in [7, 11) is 0. The molecule has 124 valence electrons. The Bertz CT molecular complexity index is 447. The van der Waals surface area contributed by atoms with E-state index in [-0.39, 0.29) is 43.6 Å². The van der Waals surface area contributed by atoms with Gasteiger partial charge in [-0.25, -0.2) is 0 Å². The zero-order valence-corrected chi connectivity index (χ0v) is 12.5. The second-order valence-corrected chi connectivity index (χ2v) is 6.77. The van der Waals surface area contributed by atoms with Crippen molar-refractivity contribution < 1.29 is 29.3 Å². The average molecular weight is 312 g/mol. The highest BCUT2D eigenvalue weighted by atomic mass is 16.6. The maximum absolute atomic E-state index is 12.3. The lowest BCUT2D eigenvalue weighted by atomic mass is 9.79. The van der Waals surface area contributed by atoms with Crippen LogP contribution in [0.25, 0.3) is 0 Å². The van der Waals surface area contributed by atoms with Gasteiger partial charge in [-0.2, -0.15) is 0 Å². The van der Waals surface area contributed by atoms with Gasteiger partial charge in [-0.05, 0) is 24.7 Å². The molecule has 7 heteroatoms. The smallest absolute Gasteiger partial charge is 0.220 e. The second kappa shape index (κ2) is 6.14. The molecule has 0 unspecified atom stereocenters. The number of nitrogens with one attached hydrogen (secondary N) is 1. The molecular weight excluding hydrogens is 290 g/mol. The standard InChI is InChI=1S/C15H23NO6/c17-10-8-22-13-9(7-21-14(10)13)16-11(18)5-15(6-12(19)20)3-1-2-4-15/h9-10,13-14,17H,1-8H2,(H,16,18)(H,19,20)/p-1/t9-,10+,13+,14+/m0/s1. The first-order valence-electron chi connectivity index (χ1n) is 7.90. The van der Waals surface area contributed by atoms with Crippen LogP contribution in [0.1, 0.15) is 38.5 Å². The number of ether oxygens (including phenoxy) is 2. The van der Waals surface area contributed by atoms with Crippen molar-refractivity contribution in [2.75, 3.05) is 13.2 Å². The quantitative estimate of drug-likeness (QED) is 0.655. The first kappa shape index (κ1) is 15.7. The van der Waals surface area contributed by atoms with E-state index in [1.165, 1.54) is 0 Å². The van der Waals surface area contributed by atoms with Gasteiger partial charge in [0.2, 0.25) is 5.91 Å². The molecule has 1 saturated carbocycles. The lowest BCUT2D eigenvalue weighted by molar-refractivity contribution is -0.308. The summed E-state index contributed by atoms with van der Waals surface area (Å²) < 4.78 is 10.9. The van der Waals surface area contributed by atoms with Crippen LogP contribution in [0.4, 0.5) is 0 Å². The number of rotatable bonds is 5. The van der Waals surface area contributed by atoms with Crippen LogP contribution in [-0.4, -0.2) is 54.6 Å². The molecule has 3 fully saturated rings. The van der Waals surface area contributed by atoms with Crippen molar-refractivity contribution in [2.45, 2.75) is 62.9 Å². The van der Waals surface area contributed by atoms with E-state index in [4.69, 9.17) is 9.47 Å². The molecule has 4 atom stereocenters. The Balaban J connectivity index is 1.57. The maximum atomic E-state index is 12.3. The van der Waals surface area contributed by atoms with E-state index in [0.717, 1.165) is 25.7 Å². The molecule has 0 aromatic rings. The van der Waals surface area contributed by atoms with Crippen molar-refractivity contribution in [3.05, 3.63) is 0 Å². The summed E-state index contributed by atoms with van der Waals surface area (Å²) in [6.45, 7) is 0.530. The first-order valence-corrected chi connectivity index (χ1v) is 7.90. The summed E-state index contributed by atoms with van der Waals surface area (Å²) >= 11 is 0. The Morgan fingerprint density at radius 2 is 1.82 bits per heavy atom. The van der Waals surface area contributed by atoms with Crippen LogP contribution in [0, 0.1) is 5.41 Å². The molecule has 0 aromatic carbocycles. The summed E-state index contributed by atoms with van der Waals surface area (Å²) in [5.41, 5.74) is -0.474. The predicted octanol–water partition coefficient (Wildman–Crippen LogP) is -1.28. The van der Waals surface area contributed by atoms with Gasteiger partial charge in [0.25, 0.3) is 0 Å². The van der Waals surface area contributed by atoms with E-state index in [1.54, 1.807) is 0 Å². The number of aliphatic carboxylic acids is 1. The lowest BCUT2D eigenvalue weighted by Gasteiger charge is -2.29. The third-order valence-corrected chi connectivity index (χ3v) is 5.09. The number of carboxylic acids is 1. The number of aliphatic hydroxyl groups excluding tert-OH is 1. The molecule has 2 N–H and O–H groups in total. The second-order valence-electron chi connectivity index (χ2n) is 6.77. The number of fused-ring (bicyclic) bond motifs is 1. The lowest BCUT2D eigenvalue weighted by Crippen LogP contribution is -2.46. The molecule has 0 radical (unpaired) electrons. The van der Waals surface area contributed by atoms with Crippen molar-refractivity contribution >= 4 is 11.9 Å². The summed E-state index contributed by atoms with van der Waals surface area (Å²) in [6.07, 6.45) is 2.17. The van der Waals surface area contributed by atoms with Crippen molar-refractivity contribution in [3.8, 4) is 0 Å². The molecule has 0 bridgehead atoms. The average Bonchev–Trinajstić information content (AvgIpc) is 3.10. The molecule has 0 spiro atoms. The van der Waals surface area contributed by atoms with E-state index in [0.29, 0.717) is 6.61 Å². The Labute approximate surface area is 129 Å². The fourth-order valence-electron chi connectivity index (χ4n) is 4.05. The van der Waals surface area contributed by atoms with E-state index >= 15 is 0 Å². The van der Waals surface area contributed by atoms with Crippen LogP contribution in [0.5, 0.6) is 0 Å². The fourth-order valence-corrected chi connectivity index (χ4v) is 4.05. The molecule has 22 heavy (non-hydrogen) atoms. The molecule has 1 amide bonds. The zero-order chi connectivity index (χ0) is 15.7. The number of aliphatic hydroxyl groups is 1. The Hall–Kier alpha value is -1.18. The topological polar surface area (TPSA) is 108 Å². The van der Waals surface area contributed by atoms with Gasteiger partial charge >= 0.3 is 0 Å². The number of hydrogen-bond donors (Lipinski definition) is 2. The molecule has 0 aromatic heterocycles. The van der Waals surface area contributed by atoms with Crippen LogP contribution in [0.15, 0.2) is 0 Å². The molecule has 3 aliphatic rings. The van der Waals surface area contributed by atoms with Gasteiger partial charge in [-0.15, -0.1) is 0 Å². The fraction of sp³-hybridized carbons (Fsp3) is 0.867. The van der Waals surface area contributed by atoms with E-state index in [2.05, 4.69) is 5.32 Å². The van der Waals surface area contributed by atoms with Crippen LogP contribution >= 0.6 is 0 Å². The number of amides is 1. The van der Waals surface area contributed by atoms with Crippen molar-refractivity contribution in [1.82, 2.24) is 5.32 Å². The minimum absolute atomic E-state index is 0.0666. The molecular formula is C15H22NO6-. The van der Waals surface area contributed by atoms with Crippen molar-refractivity contribution in [1.29, 1.82) is 0 Å².